The summed E-state index contributed by atoms with van der Waals surface area (Å²) < 4.78 is 11.6. The van der Waals surface area contributed by atoms with Gasteiger partial charge in [0.15, 0.2) is 12.5 Å². The standard InChI is InChI=1S/C15H30N2O2/c1-6-12-7-8-16(5)9-10-17(11-12)13-14(18-13)19-15(2,3)4/h12-14H,6-11H2,1-5H3. The van der Waals surface area contributed by atoms with Crippen LogP contribution in [-0.4, -0.2) is 61.1 Å². The molecule has 0 aromatic rings. The Balaban J connectivity index is 1.88. The molecule has 4 nitrogen and oxygen atoms in total. The summed E-state index contributed by atoms with van der Waals surface area (Å²) in [6, 6.07) is 0. The minimum atomic E-state index is -0.122. The molecule has 4 heteroatoms. The number of likely N-dealkylation sites (N-methyl/N-ethyl adjacent to an activating group) is 1. The first-order valence-electron chi connectivity index (χ1n) is 7.65. The third-order valence-electron chi connectivity index (χ3n) is 4.02. The van der Waals surface area contributed by atoms with Crippen molar-refractivity contribution in [3.05, 3.63) is 0 Å². The molecule has 3 unspecified atom stereocenters. The number of hydrogen-bond donors (Lipinski definition) is 0. The molecule has 2 fully saturated rings. The Morgan fingerprint density at radius 1 is 1.21 bits per heavy atom. The number of rotatable bonds is 3. The van der Waals surface area contributed by atoms with Gasteiger partial charge < -0.3 is 14.4 Å². The number of hydrogen-bond acceptors (Lipinski definition) is 4. The van der Waals surface area contributed by atoms with E-state index in [-0.39, 0.29) is 18.1 Å². The van der Waals surface area contributed by atoms with Gasteiger partial charge in [-0.25, -0.2) is 0 Å². The zero-order chi connectivity index (χ0) is 14.0. The monoisotopic (exact) mass is 270 g/mol. The largest absolute Gasteiger partial charge is 0.343 e. The van der Waals surface area contributed by atoms with Gasteiger partial charge in [-0.15, -0.1) is 0 Å². The Bertz CT molecular complexity index is 290. The summed E-state index contributed by atoms with van der Waals surface area (Å²) in [4.78, 5) is 4.90. The van der Waals surface area contributed by atoms with E-state index in [4.69, 9.17) is 9.47 Å². The van der Waals surface area contributed by atoms with E-state index in [2.05, 4.69) is 44.5 Å². The van der Waals surface area contributed by atoms with Crippen LogP contribution in [0.15, 0.2) is 0 Å². The van der Waals surface area contributed by atoms with Gasteiger partial charge in [0.05, 0.1) is 5.60 Å². The zero-order valence-electron chi connectivity index (χ0n) is 13.2. The third-order valence-corrected chi connectivity index (χ3v) is 4.02. The molecule has 2 aliphatic heterocycles. The van der Waals surface area contributed by atoms with E-state index < -0.39 is 0 Å². The van der Waals surface area contributed by atoms with Gasteiger partial charge in [0.25, 0.3) is 0 Å². The summed E-state index contributed by atoms with van der Waals surface area (Å²) >= 11 is 0. The van der Waals surface area contributed by atoms with Crippen molar-refractivity contribution in [1.82, 2.24) is 9.80 Å². The van der Waals surface area contributed by atoms with Crippen LogP contribution < -0.4 is 0 Å². The predicted molar refractivity (Wildman–Crippen MR) is 77.0 cm³/mol. The van der Waals surface area contributed by atoms with Crippen LogP contribution in [0.3, 0.4) is 0 Å². The molecule has 0 aromatic carbocycles. The maximum Gasteiger partial charge on any atom is 0.200 e. The van der Waals surface area contributed by atoms with Gasteiger partial charge in [-0.3, -0.25) is 4.90 Å². The molecule has 2 saturated heterocycles. The number of nitrogens with zero attached hydrogens (tertiary/aromatic N) is 2. The zero-order valence-corrected chi connectivity index (χ0v) is 13.2. The van der Waals surface area contributed by atoms with Crippen molar-refractivity contribution in [1.29, 1.82) is 0 Å². The lowest BCUT2D eigenvalue weighted by Crippen LogP contribution is -2.43. The quantitative estimate of drug-likeness (QED) is 0.735. The lowest BCUT2D eigenvalue weighted by Gasteiger charge is -2.32. The van der Waals surface area contributed by atoms with Gasteiger partial charge in [0.2, 0.25) is 0 Å². The Morgan fingerprint density at radius 3 is 2.58 bits per heavy atom. The summed E-state index contributed by atoms with van der Waals surface area (Å²) in [7, 11) is 2.22. The average molecular weight is 270 g/mol. The van der Waals surface area contributed by atoms with Gasteiger partial charge in [0.1, 0.15) is 0 Å². The van der Waals surface area contributed by atoms with Crippen molar-refractivity contribution in [2.24, 2.45) is 5.92 Å². The maximum absolute atomic E-state index is 5.90. The van der Waals surface area contributed by atoms with Crippen molar-refractivity contribution in [3.63, 3.8) is 0 Å². The minimum Gasteiger partial charge on any atom is -0.343 e. The Labute approximate surface area is 118 Å². The smallest absolute Gasteiger partial charge is 0.200 e. The van der Waals surface area contributed by atoms with E-state index in [9.17, 15) is 0 Å². The molecule has 19 heavy (non-hydrogen) atoms. The second-order valence-electron chi connectivity index (χ2n) is 6.99. The molecule has 0 amide bonds. The van der Waals surface area contributed by atoms with Gasteiger partial charge in [-0.05, 0) is 46.7 Å². The lowest BCUT2D eigenvalue weighted by atomic mass is 10.0. The van der Waals surface area contributed by atoms with E-state index in [1.165, 1.54) is 19.4 Å². The highest BCUT2D eigenvalue weighted by molar-refractivity contribution is 4.84. The molecule has 2 heterocycles. The molecule has 0 saturated carbocycles. The fourth-order valence-corrected chi connectivity index (χ4v) is 2.68. The average Bonchev–Trinajstić information content (AvgIpc) is 3.01. The van der Waals surface area contributed by atoms with E-state index in [0.717, 1.165) is 25.6 Å². The van der Waals surface area contributed by atoms with E-state index >= 15 is 0 Å². The fourth-order valence-electron chi connectivity index (χ4n) is 2.68. The van der Waals surface area contributed by atoms with Gasteiger partial charge in [-0.1, -0.05) is 13.3 Å². The molecule has 0 aliphatic carbocycles. The second-order valence-corrected chi connectivity index (χ2v) is 6.99. The molecule has 112 valence electrons. The Hall–Kier alpha value is -0.160. The van der Waals surface area contributed by atoms with Gasteiger partial charge >= 0.3 is 0 Å². The molecular weight excluding hydrogens is 240 g/mol. The van der Waals surface area contributed by atoms with E-state index in [1.54, 1.807) is 0 Å². The van der Waals surface area contributed by atoms with Gasteiger partial charge in [-0.2, -0.15) is 0 Å². The highest BCUT2D eigenvalue weighted by Crippen LogP contribution is 2.32. The Morgan fingerprint density at radius 2 is 1.95 bits per heavy atom. The van der Waals surface area contributed by atoms with Crippen molar-refractivity contribution < 1.29 is 9.47 Å². The first-order valence-corrected chi connectivity index (χ1v) is 7.65. The highest BCUT2D eigenvalue weighted by atomic mass is 16.8. The summed E-state index contributed by atoms with van der Waals surface area (Å²) in [6.07, 6.45) is 2.70. The van der Waals surface area contributed by atoms with Crippen LogP contribution in [0.5, 0.6) is 0 Å². The normalized spacial score (nSPS) is 34.9. The summed E-state index contributed by atoms with van der Waals surface area (Å²) in [5.74, 6) is 0.780. The lowest BCUT2D eigenvalue weighted by molar-refractivity contribution is -0.0579. The predicted octanol–water partition coefficient (Wildman–Crippen LogP) is 2.15. The summed E-state index contributed by atoms with van der Waals surface area (Å²) in [6.45, 7) is 13.1. The van der Waals surface area contributed by atoms with Crippen LogP contribution in [0.2, 0.25) is 0 Å². The number of ether oxygens (including phenoxy) is 2. The van der Waals surface area contributed by atoms with Crippen LogP contribution in [0.1, 0.15) is 40.5 Å². The maximum atomic E-state index is 5.90. The van der Waals surface area contributed by atoms with Crippen LogP contribution >= 0.6 is 0 Å². The molecule has 3 atom stereocenters. The summed E-state index contributed by atoms with van der Waals surface area (Å²) in [5, 5.41) is 0. The van der Waals surface area contributed by atoms with Crippen LogP contribution in [0.4, 0.5) is 0 Å². The Kier molecular flexibility index (Phi) is 4.88. The molecule has 0 N–H and O–H groups in total. The van der Waals surface area contributed by atoms with Crippen LogP contribution in [0, 0.1) is 5.92 Å². The van der Waals surface area contributed by atoms with Crippen molar-refractivity contribution in [2.45, 2.75) is 58.7 Å². The van der Waals surface area contributed by atoms with Gasteiger partial charge in [0, 0.05) is 19.6 Å². The SMILES string of the molecule is CCC1CCN(C)CCN(C2OC2OC(C)(C)C)C1. The van der Waals surface area contributed by atoms with Crippen molar-refractivity contribution in [2.75, 3.05) is 33.2 Å². The summed E-state index contributed by atoms with van der Waals surface area (Å²) in [5.41, 5.74) is -0.122. The second kappa shape index (κ2) is 6.08. The topological polar surface area (TPSA) is 28.2 Å². The number of epoxide rings is 1. The fraction of sp³-hybridized carbons (Fsp3) is 1.00. The van der Waals surface area contributed by atoms with E-state index in [1.807, 2.05) is 0 Å². The van der Waals surface area contributed by atoms with Crippen molar-refractivity contribution >= 4 is 0 Å². The highest BCUT2D eigenvalue weighted by Gasteiger charge is 2.47. The third kappa shape index (κ3) is 4.71. The molecule has 2 aliphatic rings. The van der Waals surface area contributed by atoms with Crippen LogP contribution in [-0.2, 0) is 9.47 Å². The molecule has 0 spiro atoms. The first-order chi connectivity index (χ1) is 8.89. The minimum absolute atomic E-state index is 0.0257. The molecule has 0 aromatic heterocycles. The molecular formula is C15H30N2O2. The molecule has 0 bridgehead atoms. The molecule has 0 radical (unpaired) electrons. The first kappa shape index (κ1) is 15.2. The van der Waals surface area contributed by atoms with Crippen LogP contribution in [0.25, 0.3) is 0 Å². The molecule has 2 rings (SSSR count). The van der Waals surface area contributed by atoms with Crippen molar-refractivity contribution in [3.8, 4) is 0 Å². The van der Waals surface area contributed by atoms with E-state index in [0.29, 0.717) is 0 Å².